The third-order valence-electron chi connectivity index (χ3n) is 2.24. The molecule has 0 amide bonds. The Labute approximate surface area is 85.3 Å². The molecule has 1 aliphatic carbocycles. The summed E-state index contributed by atoms with van der Waals surface area (Å²) in [5.41, 5.74) is -0.252. The van der Waals surface area contributed by atoms with Crippen molar-refractivity contribution in [2.45, 2.75) is 31.7 Å². The molecule has 0 radical (unpaired) electrons. The van der Waals surface area contributed by atoms with E-state index < -0.39 is 5.97 Å². The minimum Gasteiger partial charge on any atom is -0.481 e. The fourth-order valence-corrected chi connectivity index (χ4v) is 2.06. The molecular formula is C8H11N3O2S. The van der Waals surface area contributed by atoms with Gasteiger partial charge in [0, 0.05) is 11.5 Å². The van der Waals surface area contributed by atoms with Gasteiger partial charge in [-0.05, 0) is 19.8 Å². The van der Waals surface area contributed by atoms with Crippen molar-refractivity contribution in [3.8, 4) is 0 Å². The molecule has 6 heteroatoms. The lowest BCUT2D eigenvalue weighted by molar-refractivity contribution is -0.137. The molecular weight excluding hydrogens is 202 g/mol. The van der Waals surface area contributed by atoms with E-state index >= 15 is 0 Å². The van der Waals surface area contributed by atoms with Crippen molar-refractivity contribution in [3.63, 3.8) is 0 Å². The molecule has 0 spiro atoms. The number of nitrogens with zero attached hydrogens (tertiary/aromatic N) is 2. The van der Waals surface area contributed by atoms with E-state index in [0.717, 1.165) is 23.8 Å². The normalized spacial score (nSPS) is 17.8. The van der Waals surface area contributed by atoms with E-state index in [4.69, 9.17) is 5.11 Å². The second-order valence-electron chi connectivity index (χ2n) is 3.62. The first kappa shape index (κ1) is 9.39. The van der Waals surface area contributed by atoms with E-state index in [2.05, 4.69) is 14.7 Å². The van der Waals surface area contributed by atoms with Gasteiger partial charge in [0.15, 0.2) is 0 Å². The number of anilines is 1. The van der Waals surface area contributed by atoms with Crippen LogP contribution in [0.1, 0.15) is 25.1 Å². The highest BCUT2D eigenvalue weighted by Gasteiger charge is 2.45. The van der Waals surface area contributed by atoms with Gasteiger partial charge >= 0.3 is 5.97 Å². The largest absolute Gasteiger partial charge is 0.481 e. The van der Waals surface area contributed by atoms with Crippen LogP contribution in [0, 0.1) is 6.92 Å². The summed E-state index contributed by atoms with van der Waals surface area (Å²) >= 11 is 1.28. The number of rotatable bonds is 4. The number of nitrogens with one attached hydrogen (secondary N) is 1. The summed E-state index contributed by atoms with van der Waals surface area (Å²) in [4.78, 5) is 14.7. The number of aromatic nitrogens is 2. The Hall–Kier alpha value is -1.17. The number of carboxylic acids is 1. The summed E-state index contributed by atoms with van der Waals surface area (Å²) in [6, 6.07) is 0. The highest BCUT2D eigenvalue weighted by molar-refractivity contribution is 7.09. The van der Waals surface area contributed by atoms with Crippen LogP contribution in [-0.4, -0.2) is 26.0 Å². The molecule has 1 fully saturated rings. The maximum Gasteiger partial charge on any atom is 0.305 e. The first-order chi connectivity index (χ1) is 6.60. The molecule has 14 heavy (non-hydrogen) atoms. The lowest BCUT2D eigenvalue weighted by Gasteiger charge is -2.12. The van der Waals surface area contributed by atoms with E-state index in [9.17, 15) is 4.79 Å². The molecule has 0 aromatic carbocycles. The van der Waals surface area contributed by atoms with Crippen LogP contribution in [0.5, 0.6) is 0 Å². The number of carboxylic acid groups (broad SMARTS) is 1. The van der Waals surface area contributed by atoms with Crippen LogP contribution in [0.4, 0.5) is 5.13 Å². The zero-order chi connectivity index (χ0) is 10.2. The van der Waals surface area contributed by atoms with Gasteiger partial charge in [-0.1, -0.05) is 0 Å². The van der Waals surface area contributed by atoms with Crippen LogP contribution in [0.3, 0.4) is 0 Å². The van der Waals surface area contributed by atoms with E-state index in [-0.39, 0.29) is 12.0 Å². The summed E-state index contributed by atoms with van der Waals surface area (Å²) in [6.45, 7) is 1.82. The van der Waals surface area contributed by atoms with E-state index in [0.29, 0.717) is 0 Å². The molecule has 1 heterocycles. The van der Waals surface area contributed by atoms with Crippen LogP contribution >= 0.6 is 11.5 Å². The fourth-order valence-electron chi connectivity index (χ4n) is 1.36. The Bertz CT molecular complexity index is 359. The minimum absolute atomic E-state index is 0.158. The molecule has 5 nitrogen and oxygen atoms in total. The molecule has 0 atom stereocenters. The molecule has 2 N–H and O–H groups in total. The highest BCUT2D eigenvalue weighted by atomic mass is 32.1. The Morgan fingerprint density at radius 2 is 2.43 bits per heavy atom. The topological polar surface area (TPSA) is 75.1 Å². The van der Waals surface area contributed by atoms with Gasteiger partial charge in [0.2, 0.25) is 5.13 Å². The Balaban J connectivity index is 2.00. The summed E-state index contributed by atoms with van der Waals surface area (Å²) in [5, 5.41) is 12.6. The zero-order valence-corrected chi connectivity index (χ0v) is 8.60. The summed E-state index contributed by atoms with van der Waals surface area (Å²) in [7, 11) is 0. The molecule has 1 aromatic rings. The average Bonchev–Trinajstić information content (AvgIpc) is 2.67. The van der Waals surface area contributed by atoms with Crippen molar-refractivity contribution in [3.05, 3.63) is 5.82 Å². The summed E-state index contributed by atoms with van der Waals surface area (Å²) in [5.74, 6) is -0.0418. The van der Waals surface area contributed by atoms with Crippen molar-refractivity contribution in [2.75, 3.05) is 5.32 Å². The van der Waals surface area contributed by atoms with Gasteiger partial charge in [0.05, 0.1) is 12.0 Å². The second kappa shape index (κ2) is 3.20. The highest BCUT2D eigenvalue weighted by Crippen LogP contribution is 2.42. The van der Waals surface area contributed by atoms with Crippen LogP contribution in [0.15, 0.2) is 0 Å². The van der Waals surface area contributed by atoms with Gasteiger partial charge in [-0.15, -0.1) is 0 Å². The van der Waals surface area contributed by atoms with Crippen LogP contribution in [0.2, 0.25) is 0 Å². The van der Waals surface area contributed by atoms with Crippen LogP contribution in [-0.2, 0) is 4.79 Å². The molecule has 1 aliphatic rings. The Morgan fingerprint density at radius 3 is 2.86 bits per heavy atom. The van der Waals surface area contributed by atoms with Gasteiger partial charge in [-0.2, -0.15) is 4.37 Å². The predicted octanol–water partition coefficient (Wildman–Crippen LogP) is 1.27. The molecule has 0 unspecified atom stereocenters. The van der Waals surface area contributed by atoms with Crippen molar-refractivity contribution in [2.24, 2.45) is 0 Å². The third-order valence-corrected chi connectivity index (χ3v) is 2.96. The Morgan fingerprint density at radius 1 is 1.71 bits per heavy atom. The minimum atomic E-state index is -0.767. The summed E-state index contributed by atoms with van der Waals surface area (Å²) < 4.78 is 4.03. The van der Waals surface area contributed by atoms with Gasteiger partial charge in [0.25, 0.3) is 0 Å². The van der Waals surface area contributed by atoms with Gasteiger partial charge < -0.3 is 10.4 Å². The predicted molar refractivity (Wildman–Crippen MR) is 52.5 cm³/mol. The molecule has 1 aromatic heterocycles. The average molecular weight is 213 g/mol. The smallest absolute Gasteiger partial charge is 0.305 e. The number of carbonyl (C=O) groups is 1. The maximum absolute atomic E-state index is 10.6. The SMILES string of the molecule is Cc1nsc(NC2(CC(=O)O)CC2)n1. The maximum atomic E-state index is 10.6. The van der Waals surface area contributed by atoms with Gasteiger partial charge in [0.1, 0.15) is 5.82 Å². The summed E-state index contributed by atoms with van der Waals surface area (Å²) in [6.07, 6.45) is 1.96. The third kappa shape index (κ3) is 2.01. The van der Waals surface area contributed by atoms with E-state index in [1.54, 1.807) is 0 Å². The van der Waals surface area contributed by atoms with E-state index in [1.165, 1.54) is 11.5 Å². The monoisotopic (exact) mass is 213 g/mol. The van der Waals surface area contributed by atoms with Gasteiger partial charge in [-0.25, -0.2) is 4.98 Å². The number of hydrogen-bond acceptors (Lipinski definition) is 5. The standard InChI is InChI=1S/C8H11N3O2S/c1-5-9-7(14-11-5)10-8(2-3-8)4-6(12)13/h2-4H2,1H3,(H,12,13)(H,9,10,11). The Kier molecular flexibility index (Phi) is 2.14. The lowest BCUT2D eigenvalue weighted by atomic mass is 10.2. The lowest BCUT2D eigenvalue weighted by Crippen LogP contribution is -2.24. The van der Waals surface area contributed by atoms with Crippen molar-refractivity contribution in [1.29, 1.82) is 0 Å². The second-order valence-corrected chi connectivity index (χ2v) is 4.37. The van der Waals surface area contributed by atoms with Gasteiger partial charge in [-0.3, -0.25) is 4.79 Å². The van der Waals surface area contributed by atoms with Crippen LogP contribution < -0.4 is 5.32 Å². The van der Waals surface area contributed by atoms with E-state index in [1.807, 2.05) is 6.92 Å². The number of aliphatic carboxylic acids is 1. The molecule has 1 saturated carbocycles. The fraction of sp³-hybridized carbons (Fsp3) is 0.625. The zero-order valence-electron chi connectivity index (χ0n) is 7.78. The van der Waals surface area contributed by atoms with Crippen molar-refractivity contribution < 1.29 is 9.90 Å². The first-order valence-corrected chi connectivity index (χ1v) is 5.17. The molecule has 2 rings (SSSR count). The van der Waals surface area contributed by atoms with Crippen LogP contribution in [0.25, 0.3) is 0 Å². The molecule has 0 bridgehead atoms. The quantitative estimate of drug-likeness (QED) is 0.787. The first-order valence-electron chi connectivity index (χ1n) is 4.40. The molecule has 76 valence electrons. The van der Waals surface area contributed by atoms with Crippen molar-refractivity contribution >= 4 is 22.6 Å². The number of aryl methyl sites for hydroxylation is 1. The molecule has 0 saturated heterocycles. The molecule has 0 aliphatic heterocycles. The van der Waals surface area contributed by atoms with Crippen molar-refractivity contribution in [1.82, 2.24) is 9.36 Å². The number of hydrogen-bond donors (Lipinski definition) is 2.